The summed E-state index contributed by atoms with van der Waals surface area (Å²) in [5.74, 6) is 0.582. The number of likely N-dealkylation sites (tertiary alicyclic amines) is 1. The molecule has 14 heavy (non-hydrogen) atoms. The molecular weight excluding hydrogens is 200 g/mol. The van der Waals surface area contributed by atoms with Crippen LogP contribution < -0.4 is 5.73 Å². The lowest BCUT2D eigenvalue weighted by Gasteiger charge is -2.31. The highest BCUT2D eigenvalue weighted by Gasteiger charge is 2.22. The Labute approximate surface area is 87.3 Å². The Morgan fingerprint density at radius 1 is 1.64 bits per heavy atom. The molecule has 0 saturated carbocycles. The zero-order chi connectivity index (χ0) is 10.6. The summed E-state index contributed by atoms with van der Waals surface area (Å²) in [4.78, 5) is 13.4. The predicted octanol–water partition coefficient (Wildman–Crippen LogP) is -0.438. The van der Waals surface area contributed by atoms with Crippen molar-refractivity contribution in [2.45, 2.75) is 12.8 Å². The Morgan fingerprint density at radius 3 is 2.93 bits per heavy atom. The smallest absolute Gasteiger partial charge is 0.235 e. The summed E-state index contributed by atoms with van der Waals surface area (Å²) in [6.07, 6.45) is 3.68. The summed E-state index contributed by atoms with van der Waals surface area (Å²) < 4.78 is 10.9. The van der Waals surface area contributed by atoms with Crippen molar-refractivity contribution in [2.75, 3.05) is 31.6 Å². The number of hydrogen-bond donors (Lipinski definition) is 1. The first kappa shape index (κ1) is 11.7. The van der Waals surface area contributed by atoms with Gasteiger partial charge in [-0.2, -0.15) is 0 Å². The molecule has 5 heteroatoms. The minimum atomic E-state index is -1.03. The SMILES string of the molecule is CS(=O)CC(=O)N1CCCC(CN)C1. The number of nitrogens with two attached hydrogens (primary N) is 1. The monoisotopic (exact) mass is 218 g/mol. The number of piperidine rings is 1. The Hall–Kier alpha value is -0.420. The molecule has 82 valence electrons. The number of carbonyl (C=O) groups is 1. The summed E-state index contributed by atoms with van der Waals surface area (Å²) in [6.45, 7) is 2.18. The van der Waals surface area contributed by atoms with Gasteiger partial charge in [-0.3, -0.25) is 9.00 Å². The molecule has 4 nitrogen and oxygen atoms in total. The highest BCUT2D eigenvalue weighted by Crippen LogP contribution is 2.15. The molecule has 0 aromatic rings. The Bertz CT molecular complexity index is 233. The van der Waals surface area contributed by atoms with E-state index in [4.69, 9.17) is 5.73 Å². The van der Waals surface area contributed by atoms with Crippen LogP contribution in [0.1, 0.15) is 12.8 Å². The maximum absolute atomic E-state index is 11.6. The average Bonchev–Trinajstić information content (AvgIpc) is 2.17. The number of amides is 1. The Kier molecular flexibility index (Phi) is 4.54. The van der Waals surface area contributed by atoms with Crippen molar-refractivity contribution < 1.29 is 9.00 Å². The van der Waals surface area contributed by atoms with Crippen molar-refractivity contribution in [3.8, 4) is 0 Å². The molecular formula is C9H18N2O2S. The highest BCUT2D eigenvalue weighted by molar-refractivity contribution is 7.85. The molecule has 0 aromatic carbocycles. The van der Waals surface area contributed by atoms with Crippen LogP contribution in [0.2, 0.25) is 0 Å². The number of hydrogen-bond acceptors (Lipinski definition) is 3. The van der Waals surface area contributed by atoms with Gasteiger partial charge in [-0.25, -0.2) is 0 Å². The first-order valence-electron chi connectivity index (χ1n) is 4.91. The summed E-state index contributed by atoms with van der Waals surface area (Å²) in [5.41, 5.74) is 5.57. The van der Waals surface area contributed by atoms with Gasteiger partial charge in [-0.05, 0) is 25.3 Å². The third-order valence-electron chi connectivity index (χ3n) is 2.53. The Balaban J connectivity index is 2.43. The normalized spacial score (nSPS) is 24.7. The largest absolute Gasteiger partial charge is 0.342 e. The minimum Gasteiger partial charge on any atom is -0.342 e. The summed E-state index contributed by atoms with van der Waals surface area (Å²) in [5, 5.41) is 0. The van der Waals surface area contributed by atoms with Crippen molar-refractivity contribution in [3.63, 3.8) is 0 Å². The zero-order valence-corrected chi connectivity index (χ0v) is 9.39. The second-order valence-electron chi connectivity index (χ2n) is 3.80. The second kappa shape index (κ2) is 5.46. The van der Waals surface area contributed by atoms with Crippen LogP contribution in [0, 0.1) is 5.92 Å². The highest BCUT2D eigenvalue weighted by atomic mass is 32.2. The molecule has 1 aliphatic rings. The zero-order valence-electron chi connectivity index (χ0n) is 8.57. The number of nitrogens with zero attached hydrogens (tertiary/aromatic N) is 1. The molecule has 1 fully saturated rings. The van der Waals surface area contributed by atoms with Gasteiger partial charge in [0, 0.05) is 30.1 Å². The van der Waals surface area contributed by atoms with Gasteiger partial charge in [0.05, 0.1) is 0 Å². The van der Waals surface area contributed by atoms with E-state index in [9.17, 15) is 9.00 Å². The van der Waals surface area contributed by atoms with Crippen molar-refractivity contribution in [2.24, 2.45) is 11.7 Å². The van der Waals surface area contributed by atoms with Gasteiger partial charge in [0.15, 0.2) is 0 Å². The van der Waals surface area contributed by atoms with Crippen LogP contribution >= 0.6 is 0 Å². The molecule has 2 atom stereocenters. The lowest BCUT2D eigenvalue weighted by atomic mass is 9.98. The molecule has 0 aromatic heterocycles. The summed E-state index contributed by atoms with van der Waals surface area (Å²) in [7, 11) is -1.03. The lowest BCUT2D eigenvalue weighted by Crippen LogP contribution is -2.43. The third-order valence-corrected chi connectivity index (χ3v) is 3.19. The summed E-state index contributed by atoms with van der Waals surface area (Å²) >= 11 is 0. The van der Waals surface area contributed by atoms with Crippen molar-refractivity contribution in [1.29, 1.82) is 0 Å². The van der Waals surface area contributed by atoms with E-state index >= 15 is 0 Å². The quantitative estimate of drug-likeness (QED) is 0.698. The van der Waals surface area contributed by atoms with Crippen molar-refractivity contribution >= 4 is 16.7 Å². The van der Waals surface area contributed by atoms with Crippen LogP contribution in [0.25, 0.3) is 0 Å². The van der Waals surface area contributed by atoms with Crippen LogP contribution in [0.5, 0.6) is 0 Å². The summed E-state index contributed by atoms with van der Waals surface area (Å²) in [6, 6.07) is 0. The molecule has 1 amide bonds. The fraction of sp³-hybridized carbons (Fsp3) is 0.889. The van der Waals surface area contributed by atoms with Gasteiger partial charge in [-0.1, -0.05) is 0 Å². The molecule has 1 saturated heterocycles. The van der Waals surface area contributed by atoms with Crippen LogP contribution in [0.3, 0.4) is 0 Å². The predicted molar refractivity (Wildman–Crippen MR) is 57.3 cm³/mol. The standard InChI is InChI=1S/C9H18N2O2S/c1-14(13)7-9(12)11-4-2-3-8(5-10)6-11/h8H,2-7,10H2,1H3. The third kappa shape index (κ3) is 3.38. The number of carbonyl (C=O) groups excluding carboxylic acids is 1. The molecule has 0 bridgehead atoms. The van der Waals surface area contributed by atoms with Crippen molar-refractivity contribution in [3.05, 3.63) is 0 Å². The Morgan fingerprint density at radius 2 is 2.36 bits per heavy atom. The maximum atomic E-state index is 11.6. The molecule has 1 aliphatic heterocycles. The van der Waals surface area contributed by atoms with Crippen LogP contribution in [0.15, 0.2) is 0 Å². The average molecular weight is 218 g/mol. The van der Waals surface area contributed by atoms with Crippen molar-refractivity contribution in [1.82, 2.24) is 4.90 Å². The van der Waals surface area contributed by atoms with E-state index in [1.807, 2.05) is 0 Å². The van der Waals surface area contributed by atoms with Crippen LogP contribution in [-0.2, 0) is 15.6 Å². The second-order valence-corrected chi connectivity index (χ2v) is 5.24. The van der Waals surface area contributed by atoms with E-state index in [1.54, 1.807) is 11.2 Å². The lowest BCUT2D eigenvalue weighted by molar-refractivity contribution is -0.130. The fourth-order valence-corrected chi connectivity index (χ4v) is 2.28. The minimum absolute atomic E-state index is 0.00369. The number of rotatable bonds is 3. The van der Waals surface area contributed by atoms with E-state index in [-0.39, 0.29) is 11.7 Å². The molecule has 1 rings (SSSR count). The van der Waals surface area contributed by atoms with Gasteiger partial charge in [0.2, 0.25) is 5.91 Å². The topological polar surface area (TPSA) is 63.4 Å². The first-order valence-corrected chi connectivity index (χ1v) is 6.64. The fourth-order valence-electron chi connectivity index (χ4n) is 1.75. The van der Waals surface area contributed by atoms with E-state index in [2.05, 4.69) is 0 Å². The molecule has 2 N–H and O–H groups in total. The van der Waals surface area contributed by atoms with Gasteiger partial charge >= 0.3 is 0 Å². The van der Waals surface area contributed by atoms with Crippen LogP contribution in [-0.4, -0.2) is 46.7 Å². The van der Waals surface area contributed by atoms with E-state index < -0.39 is 10.8 Å². The van der Waals surface area contributed by atoms with Crippen LogP contribution in [0.4, 0.5) is 0 Å². The van der Waals surface area contributed by atoms with E-state index in [1.165, 1.54) is 0 Å². The van der Waals surface area contributed by atoms with Gasteiger partial charge in [-0.15, -0.1) is 0 Å². The van der Waals surface area contributed by atoms with E-state index in [0.717, 1.165) is 25.9 Å². The first-order chi connectivity index (χ1) is 6.63. The van der Waals surface area contributed by atoms with Gasteiger partial charge < -0.3 is 10.6 Å². The maximum Gasteiger partial charge on any atom is 0.235 e. The van der Waals surface area contributed by atoms with E-state index in [0.29, 0.717) is 12.5 Å². The van der Waals surface area contributed by atoms with Gasteiger partial charge in [0.1, 0.15) is 5.75 Å². The van der Waals surface area contributed by atoms with Gasteiger partial charge in [0.25, 0.3) is 0 Å². The molecule has 0 aliphatic carbocycles. The molecule has 0 radical (unpaired) electrons. The molecule has 2 unspecified atom stereocenters. The molecule has 0 spiro atoms. The molecule has 1 heterocycles.